The molecule has 12 aromatic rings. The van der Waals surface area contributed by atoms with E-state index < -0.39 is 0 Å². The van der Waals surface area contributed by atoms with E-state index in [2.05, 4.69) is 193 Å². The number of benzene rings is 8. The van der Waals surface area contributed by atoms with Crippen molar-refractivity contribution in [3.05, 3.63) is 204 Å². The Balaban J connectivity index is 1.05. The SMILES string of the molecule is C1=Cc2ccc3c(c2C=CC1)c1cccc(-c2cccc4c(-c5cccc6c5sc5ccccc56)cccc24)c1n3-c1nc(-c2ccccc2)nc(-c2ccc3c4c(oc3c2)C=CCC=C4)n1. The molecule has 5 nitrogen and oxygen atoms in total. The Morgan fingerprint density at radius 2 is 1.12 bits per heavy atom. The van der Waals surface area contributed by atoms with Crippen molar-refractivity contribution in [2.75, 3.05) is 0 Å². The summed E-state index contributed by atoms with van der Waals surface area (Å²) >= 11 is 1.87. The van der Waals surface area contributed by atoms with E-state index in [1.165, 1.54) is 53.2 Å². The van der Waals surface area contributed by atoms with Crippen LogP contribution in [0.3, 0.4) is 0 Å². The van der Waals surface area contributed by atoms with Gasteiger partial charge in [-0.25, -0.2) is 4.98 Å². The number of allylic oxidation sites excluding steroid dienone is 4. The molecule has 0 N–H and O–H groups in total. The highest BCUT2D eigenvalue weighted by Crippen LogP contribution is 2.46. The van der Waals surface area contributed by atoms with Crippen LogP contribution in [-0.2, 0) is 0 Å². The van der Waals surface area contributed by atoms with E-state index >= 15 is 0 Å². The summed E-state index contributed by atoms with van der Waals surface area (Å²) in [5.41, 5.74) is 12.8. The van der Waals surface area contributed by atoms with Crippen molar-refractivity contribution in [2.45, 2.75) is 12.8 Å². The van der Waals surface area contributed by atoms with Gasteiger partial charge in [0.15, 0.2) is 11.6 Å². The van der Waals surface area contributed by atoms with Crippen LogP contribution < -0.4 is 0 Å². The predicted octanol–water partition coefficient (Wildman–Crippen LogP) is 16.8. The summed E-state index contributed by atoms with van der Waals surface area (Å²) in [5.74, 6) is 2.57. The van der Waals surface area contributed by atoms with Gasteiger partial charge < -0.3 is 4.42 Å². The number of fused-ring (bicyclic) bond motifs is 12. The molecule has 0 bridgehead atoms. The van der Waals surface area contributed by atoms with Crippen LogP contribution >= 0.6 is 11.3 Å². The normalized spacial score (nSPS) is 13.3. The molecule has 0 spiro atoms. The Morgan fingerprint density at radius 1 is 0.463 bits per heavy atom. The molecule has 0 unspecified atom stereocenters. The fraction of sp³-hybridized carbons (Fsp3) is 0.0328. The molecule has 0 radical (unpaired) electrons. The zero-order valence-corrected chi connectivity index (χ0v) is 37.0. The van der Waals surface area contributed by atoms with E-state index in [-0.39, 0.29) is 0 Å². The van der Waals surface area contributed by atoms with Crippen molar-refractivity contribution >= 4 is 99.4 Å². The van der Waals surface area contributed by atoms with Crippen molar-refractivity contribution in [1.82, 2.24) is 19.5 Å². The van der Waals surface area contributed by atoms with E-state index in [1.54, 1.807) is 0 Å². The summed E-state index contributed by atoms with van der Waals surface area (Å²) in [6.45, 7) is 0. The molecule has 0 saturated carbocycles. The van der Waals surface area contributed by atoms with Crippen molar-refractivity contribution in [1.29, 1.82) is 0 Å². The number of nitrogens with zero attached hydrogens (tertiary/aromatic N) is 4. The van der Waals surface area contributed by atoms with Gasteiger partial charge in [0, 0.05) is 64.1 Å². The number of hydrogen-bond acceptors (Lipinski definition) is 5. The maximum absolute atomic E-state index is 6.47. The fourth-order valence-electron chi connectivity index (χ4n) is 10.5. The molecule has 14 rings (SSSR count). The molecular formula is C61H38N4OS. The van der Waals surface area contributed by atoms with Gasteiger partial charge in [-0.1, -0.05) is 176 Å². The number of thiophene rings is 1. The molecule has 4 heterocycles. The minimum atomic E-state index is 0.544. The van der Waals surface area contributed by atoms with Gasteiger partial charge in [0.25, 0.3) is 0 Å². The van der Waals surface area contributed by atoms with Gasteiger partial charge in [0.05, 0.1) is 11.0 Å². The first-order valence-corrected chi connectivity index (χ1v) is 23.6. The maximum Gasteiger partial charge on any atom is 0.238 e. The Kier molecular flexibility index (Phi) is 8.51. The van der Waals surface area contributed by atoms with Crippen molar-refractivity contribution in [2.24, 2.45) is 0 Å². The molecule has 0 atom stereocenters. The number of aromatic nitrogens is 4. The first kappa shape index (κ1) is 37.9. The third kappa shape index (κ3) is 5.96. The summed E-state index contributed by atoms with van der Waals surface area (Å²) in [5, 5.41) is 8.34. The third-order valence-corrected chi connectivity index (χ3v) is 14.7. The van der Waals surface area contributed by atoms with Crippen molar-refractivity contribution < 1.29 is 4.42 Å². The van der Waals surface area contributed by atoms with Crippen LogP contribution in [0.1, 0.15) is 35.3 Å². The summed E-state index contributed by atoms with van der Waals surface area (Å²) in [6.07, 6.45) is 19.3. The first-order valence-electron chi connectivity index (χ1n) is 22.8. The second-order valence-corrected chi connectivity index (χ2v) is 18.4. The Morgan fingerprint density at radius 3 is 1.96 bits per heavy atom. The average molecular weight is 875 g/mol. The largest absolute Gasteiger partial charge is 0.456 e. The summed E-state index contributed by atoms with van der Waals surface area (Å²) in [7, 11) is 0. The molecule has 0 amide bonds. The highest BCUT2D eigenvalue weighted by molar-refractivity contribution is 7.26. The van der Waals surface area contributed by atoms with Crippen LogP contribution in [0.25, 0.3) is 139 Å². The highest BCUT2D eigenvalue weighted by Gasteiger charge is 2.24. The first-order chi connectivity index (χ1) is 33.2. The quantitative estimate of drug-likeness (QED) is 0.173. The minimum absolute atomic E-state index is 0.544. The molecule has 0 saturated heterocycles. The lowest BCUT2D eigenvalue weighted by Gasteiger charge is -2.15. The molecule has 4 aromatic heterocycles. The highest BCUT2D eigenvalue weighted by atomic mass is 32.1. The maximum atomic E-state index is 6.47. The van der Waals surface area contributed by atoms with Crippen LogP contribution in [0.5, 0.6) is 0 Å². The lowest BCUT2D eigenvalue weighted by Crippen LogP contribution is -2.07. The third-order valence-electron chi connectivity index (χ3n) is 13.5. The van der Waals surface area contributed by atoms with E-state index in [1.807, 2.05) is 29.5 Å². The Labute approximate surface area is 389 Å². The second-order valence-electron chi connectivity index (χ2n) is 17.3. The fourth-order valence-corrected chi connectivity index (χ4v) is 11.7. The summed E-state index contributed by atoms with van der Waals surface area (Å²) < 4.78 is 11.4. The molecule has 0 fully saturated rings. The standard InChI is InChI=1S/C61H38N4OS/c1-5-17-38(18-6-1)59-62-60(39-32-34-46-45-20-8-3-9-30-53(45)66-54(46)36-39)64-61(63-59)65-52-35-33-37-16-4-2-7-19-40(37)56(52)51-29-14-26-48(57(51)65)43-24-12-23-42-41(43)22-13-25-44(42)49-27-15-28-50-47-21-10-11-31-55(47)67-58(49)50/h1,4-36H,2-3H2. The molecule has 2 aliphatic rings. The molecule has 8 aromatic carbocycles. The number of hydrogen-bond donors (Lipinski definition) is 0. The molecule has 6 heteroatoms. The monoisotopic (exact) mass is 874 g/mol. The smallest absolute Gasteiger partial charge is 0.238 e. The molecule has 2 aliphatic carbocycles. The van der Waals surface area contributed by atoms with Crippen LogP contribution in [0.15, 0.2) is 186 Å². The second kappa shape index (κ2) is 15.1. The van der Waals surface area contributed by atoms with Crippen molar-refractivity contribution in [3.8, 4) is 51.0 Å². The Hall–Kier alpha value is -8.45. The zero-order chi connectivity index (χ0) is 44.0. The summed E-state index contributed by atoms with van der Waals surface area (Å²) in [6, 6.07) is 56.7. The van der Waals surface area contributed by atoms with Crippen LogP contribution in [0.4, 0.5) is 0 Å². The molecule has 0 aliphatic heterocycles. The average Bonchev–Trinajstić information content (AvgIpc) is 3.90. The van der Waals surface area contributed by atoms with Gasteiger partial charge in [-0.3, -0.25) is 4.57 Å². The number of para-hydroxylation sites is 1. The van der Waals surface area contributed by atoms with Gasteiger partial charge in [-0.05, 0) is 76.2 Å². The number of furan rings is 1. The van der Waals surface area contributed by atoms with Crippen molar-refractivity contribution in [3.63, 3.8) is 0 Å². The van der Waals surface area contributed by atoms with Gasteiger partial charge in [-0.2, -0.15) is 9.97 Å². The van der Waals surface area contributed by atoms with Gasteiger partial charge in [0.1, 0.15) is 11.3 Å². The van der Waals surface area contributed by atoms with Gasteiger partial charge in [-0.15, -0.1) is 11.3 Å². The van der Waals surface area contributed by atoms with Crippen LogP contribution in [0.2, 0.25) is 0 Å². The molecular weight excluding hydrogens is 837 g/mol. The van der Waals surface area contributed by atoms with Crippen LogP contribution in [0, 0.1) is 0 Å². The lowest BCUT2D eigenvalue weighted by molar-refractivity contribution is 0.603. The van der Waals surface area contributed by atoms with Gasteiger partial charge in [0.2, 0.25) is 5.95 Å². The number of rotatable bonds is 5. The van der Waals surface area contributed by atoms with E-state index in [0.29, 0.717) is 17.6 Å². The lowest BCUT2D eigenvalue weighted by atomic mass is 9.91. The van der Waals surface area contributed by atoms with Gasteiger partial charge >= 0.3 is 0 Å². The minimum Gasteiger partial charge on any atom is -0.456 e. The van der Waals surface area contributed by atoms with E-state index in [0.717, 1.165) is 79.2 Å². The van der Waals surface area contributed by atoms with Crippen LogP contribution in [-0.4, -0.2) is 19.5 Å². The summed E-state index contributed by atoms with van der Waals surface area (Å²) in [4.78, 5) is 16.0. The molecule has 314 valence electrons. The predicted molar refractivity (Wildman–Crippen MR) is 281 cm³/mol. The zero-order valence-electron chi connectivity index (χ0n) is 36.1. The topological polar surface area (TPSA) is 56.7 Å². The van der Waals surface area contributed by atoms with E-state index in [9.17, 15) is 0 Å². The Bertz CT molecular complexity index is 4160. The van der Waals surface area contributed by atoms with E-state index in [4.69, 9.17) is 19.4 Å². The molecule has 67 heavy (non-hydrogen) atoms.